The van der Waals surface area contributed by atoms with Crippen molar-refractivity contribution in [3.63, 3.8) is 0 Å². The van der Waals surface area contributed by atoms with Gasteiger partial charge in [-0.05, 0) is 37.1 Å². The van der Waals surface area contributed by atoms with Gasteiger partial charge in [-0.3, -0.25) is 9.88 Å². The molecule has 0 atom stereocenters. The molecule has 0 fully saturated rings. The lowest BCUT2D eigenvalue weighted by atomic mass is 10.1. The van der Waals surface area contributed by atoms with Gasteiger partial charge >= 0.3 is 5.97 Å². The highest BCUT2D eigenvalue weighted by atomic mass is 16.4. The molecule has 4 aromatic rings. The first kappa shape index (κ1) is 19.8. The van der Waals surface area contributed by atoms with Gasteiger partial charge in [-0.1, -0.05) is 17.7 Å². The second-order valence-corrected chi connectivity index (χ2v) is 7.56. The first-order chi connectivity index (χ1) is 14.6. The number of H-pyrrole nitrogens is 1. The molecular weight excluding hydrogens is 378 g/mol. The smallest absolute Gasteiger partial charge is 0.352 e. The topological polar surface area (TPSA) is 87.0 Å². The Kier molecular flexibility index (Phi) is 5.90. The van der Waals surface area contributed by atoms with Crippen LogP contribution in [0.4, 0.5) is 0 Å². The standard InChI is InChI=1S/C23H25N5O2/c1-17-5-6-21-19(12-17)20(22(26-21)23(29)30)15-28(14-18-4-2-7-24-13-18)10-3-9-27-11-8-25-16-27/h2,4-8,11-13,16,26H,3,9-10,14-15H2,1H3,(H,29,30). The highest BCUT2D eigenvalue weighted by Crippen LogP contribution is 2.26. The van der Waals surface area contributed by atoms with Crippen molar-refractivity contribution in [2.24, 2.45) is 0 Å². The van der Waals surface area contributed by atoms with Gasteiger partial charge < -0.3 is 14.7 Å². The molecule has 7 heteroatoms. The molecule has 4 rings (SSSR count). The van der Waals surface area contributed by atoms with E-state index in [1.807, 2.05) is 49.9 Å². The molecule has 7 nitrogen and oxygen atoms in total. The van der Waals surface area contributed by atoms with Crippen LogP contribution >= 0.6 is 0 Å². The van der Waals surface area contributed by atoms with Crippen LogP contribution in [0.5, 0.6) is 0 Å². The van der Waals surface area contributed by atoms with Crippen LogP contribution in [0.25, 0.3) is 10.9 Å². The predicted octanol–water partition coefficient (Wildman–Crippen LogP) is 3.86. The minimum Gasteiger partial charge on any atom is -0.477 e. The van der Waals surface area contributed by atoms with E-state index < -0.39 is 5.97 Å². The molecule has 2 N–H and O–H groups in total. The quantitative estimate of drug-likeness (QED) is 0.443. The number of carbonyl (C=O) groups is 1. The summed E-state index contributed by atoms with van der Waals surface area (Å²) in [5.41, 5.74) is 4.16. The summed E-state index contributed by atoms with van der Waals surface area (Å²) in [6.07, 6.45) is 10.1. The van der Waals surface area contributed by atoms with Crippen LogP contribution < -0.4 is 0 Å². The van der Waals surface area contributed by atoms with E-state index in [0.29, 0.717) is 13.1 Å². The van der Waals surface area contributed by atoms with E-state index in [2.05, 4.69) is 30.5 Å². The number of aromatic amines is 1. The van der Waals surface area contributed by atoms with Gasteiger partial charge in [0.05, 0.1) is 6.33 Å². The lowest BCUT2D eigenvalue weighted by Gasteiger charge is -2.23. The summed E-state index contributed by atoms with van der Waals surface area (Å²) in [5, 5.41) is 10.7. The monoisotopic (exact) mass is 403 g/mol. The lowest BCUT2D eigenvalue weighted by Crippen LogP contribution is -2.25. The highest BCUT2D eigenvalue weighted by molar-refractivity contribution is 5.97. The molecule has 0 bridgehead atoms. The number of imidazole rings is 1. The third-order valence-corrected chi connectivity index (χ3v) is 5.24. The normalized spacial score (nSPS) is 11.4. The zero-order valence-electron chi connectivity index (χ0n) is 17.0. The minimum absolute atomic E-state index is 0.265. The maximum atomic E-state index is 11.9. The molecule has 154 valence electrons. The van der Waals surface area contributed by atoms with Gasteiger partial charge in [-0.15, -0.1) is 0 Å². The van der Waals surface area contributed by atoms with Crippen molar-refractivity contribution in [1.29, 1.82) is 0 Å². The first-order valence-corrected chi connectivity index (χ1v) is 10.0. The molecule has 0 aliphatic rings. The Labute approximate surface area is 175 Å². The number of benzene rings is 1. The molecule has 0 saturated carbocycles. The van der Waals surface area contributed by atoms with Crippen LogP contribution in [0.3, 0.4) is 0 Å². The number of nitrogens with zero attached hydrogens (tertiary/aromatic N) is 4. The van der Waals surface area contributed by atoms with E-state index in [0.717, 1.165) is 47.1 Å². The molecule has 0 aliphatic heterocycles. The molecule has 0 spiro atoms. The number of nitrogens with one attached hydrogen (secondary N) is 1. The number of aromatic nitrogens is 4. The van der Waals surface area contributed by atoms with Crippen LogP contribution in [0.2, 0.25) is 0 Å². The van der Waals surface area contributed by atoms with E-state index in [9.17, 15) is 9.90 Å². The fourth-order valence-electron chi connectivity index (χ4n) is 3.79. The van der Waals surface area contributed by atoms with E-state index in [1.54, 1.807) is 12.4 Å². The Hall–Kier alpha value is -3.45. The van der Waals surface area contributed by atoms with Crippen LogP contribution in [-0.2, 0) is 19.6 Å². The van der Waals surface area contributed by atoms with Gasteiger partial charge in [0.15, 0.2) is 0 Å². The maximum absolute atomic E-state index is 11.9. The Morgan fingerprint density at radius 1 is 1.20 bits per heavy atom. The largest absolute Gasteiger partial charge is 0.477 e. The van der Waals surface area contributed by atoms with Gasteiger partial charge in [0.1, 0.15) is 5.69 Å². The van der Waals surface area contributed by atoms with Gasteiger partial charge in [0.2, 0.25) is 0 Å². The Morgan fingerprint density at radius 3 is 2.83 bits per heavy atom. The lowest BCUT2D eigenvalue weighted by molar-refractivity contribution is 0.0689. The van der Waals surface area contributed by atoms with Crippen molar-refractivity contribution < 1.29 is 9.90 Å². The number of rotatable bonds is 9. The number of aromatic carboxylic acids is 1. The summed E-state index contributed by atoms with van der Waals surface area (Å²) in [5.74, 6) is -0.932. The first-order valence-electron chi connectivity index (χ1n) is 10.0. The van der Waals surface area contributed by atoms with Crippen LogP contribution in [0.1, 0.15) is 33.6 Å². The number of carboxylic acid groups (broad SMARTS) is 1. The van der Waals surface area contributed by atoms with Crippen LogP contribution in [0.15, 0.2) is 61.4 Å². The molecule has 0 saturated heterocycles. The molecule has 0 radical (unpaired) electrons. The van der Waals surface area contributed by atoms with E-state index in [1.165, 1.54) is 0 Å². The van der Waals surface area contributed by atoms with Crippen LogP contribution in [-0.4, -0.2) is 42.0 Å². The number of aryl methyl sites for hydroxylation is 2. The van der Waals surface area contributed by atoms with Gasteiger partial charge in [0, 0.05) is 67.4 Å². The second-order valence-electron chi connectivity index (χ2n) is 7.56. The SMILES string of the molecule is Cc1ccc2[nH]c(C(=O)O)c(CN(CCCn3ccnc3)Cc3cccnc3)c2c1. The Balaban J connectivity index is 1.60. The molecule has 30 heavy (non-hydrogen) atoms. The van der Waals surface area contributed by atoms with Gasteiger partial charge in [0.25, 0.3) is 0 Å². The molecule has 3 heterocycles. The van der Waals surface area contributed by atoms with Crippen molar-refractivity contribution >= 4 is 16.9 Å². The fraction of sp³-hybridized carbons (Fsp3) is 0.261. The summed E-state index contributed by atoms with van der Waals surface area (Å²) in [6.45, 7) is 4.96. The van der Waals surface area contributed by atoms with E-state index in [4.69, 9.17) is 0 Å². The number of pyridine rings is 1. The predicted molar refractivity (Wildman–Crippen MR) is 115 cm³/mol. The molecular formula is C23H25N5O2. The molecule has 3 aromatic heterocycles. The molecule has 0 aliphatic carbocycles. The Morgan fingerprint density at radius 2 is 2.10 bits per heavy atom. The average Bonchev–Trinajstić information content (AvgIpc) is 3.37. The number of hydrogen-bond donors (Lipinski definition) is 2. The van der Waals surface area contributed by atoms with Crippen molar-refractivity contribution in [2.45, 2.75) is 33.0 Å². The summed E-state index contributed by atoms with van der Waals surface area (Å²) < 4.78 is 2.06. The number of fused-ring (bicyclic) bond motifs is 1. The summed E-state index contributed by atoms with van der Waals surface area (Å²) in [4.78, 5) is 25.6. The number of hydrogen-bond acceptors (Lipinski definition) is 4. The second kappa shape index (κ2) is 8.92. The third-order valence-electron chi connectivity index (χ3n) is 5.24. The van der Waals surface area contributed by atoms with Crippen LogP contribution in [0, 0.1) is 6.92 Å². The summed E-state index contributed by atoms with van der Waals surface area (Å²) in [6, 6.07) is 9.98. The van der Waals surface area contributed by atoms with Crippen molar-refractivity contribution in [1.82, 2.24) is 24.4 Å². The maximum Gasteiger partial charge on any atom is 0.352 e. The number of carboxylic acids is 1. The van der Waals surface area contributed by atoms with Gasteiger partial charge in [-0.2, -0.15) is 0 Å². The third kappa shape index (κ3) is 4.58. The average molecular weight is 403 g/mol. The molecule has 0 unspecified atom stereocenters. The van der Waals surface area contributed by atoms with Crippen molar-refractivity contribution in [3.8, 4) is 0 Å². The fourth-order valence-corrected chi connectivity index (χ4v) is 3.79. The highest BCUT2D eigenvalue weighted by Gasteiger charge is 2.20. The zero-order valence-corrected chi connectivity index (χ0v) is 17.0. The minimum atomic E-state index is -0.932. The summed E-state index contributed by atoms with van der Waals surface area (Å²) >= 11 is 0. The van der Waals surface area contributed by atoms with Gasteiger partial charge in [-0.25, -0.2) is 9.78 Å². The summed E-state index contributed by atoms with van der Waals surface area (Å²) in [7, 11) is 0. The zero-order chi connectivity index (χ0) is 20.9. The van der Waals surface area contributed by atoms with E-state index >= 15 is 0 Å². The molecule has 0 amide bonds. The van der Waals surface area contributed by atoms with Crippen molar-refractivity contribution in [3.05, 3.63) is 83.8 Å². The molecule has 1 aromatic carbocycles. The van der Waals surface area contributed by atoms with Crippen molar-refractivity contribution in [2.75, 3.05) is 6.54 Å². The van der Waals surface area contributed by atoms with E-state index in [-0.39, 0.29) is 5.69 Å². The Bertz CT molecular complexity index is 1120.